The average molecular weight is 522 g/mol. The molecule has 7 heteroatoms. The molecule has 0 fully saturated rings. The first-order valence-electron chi connectivity index (χ1n) is 8.52. The molecule has 0 bridgehead atoms. The Kier molecular flexibility index (Phi) is 6.69. The molecular weight excluding hydrogens is 504 g/mol. The molecule has 0 unspecified atom stereocenters. The van der Waals surface area contributed by atoms with Crippen molar-refractivity contribution in [2.24, 2.45) is 0 Å². The molecule has 0 aromatic heterocycles. The topological polar surface area (TPSA) is 50.4 Å². The molecule has 3 aromatic carbocycles. The van der Waals surface area contributed by atoms with E-state index in [4.69, 9.17) is 17.0 Å². The first-order valence-corrected chi connectivity index (χ1v) is 10.5. The molecule has 0 atom stereocenters. The SMILES string of the molecule is Cc1ccc(C)c(NC(=S)NC(=O)COc2ccc3cc(Br)ccc3c2Br)c1. The Labute approximate surface area is 185 Å². The maximum absolute atomic E-state index is 12.2. The van der Waals surface area contributed by atoms with Gasteiger partial charge in [0.15, 0.2) is 11.7 Å². The van der Waals surface area contributed by atoms with Crippen molar-refractivity contribution in [1.29, 1.82) is 0 Å². The number of hydrogen-bond acceptors (Lipinski definition) is 3. The molecule has 0 radical (unpaired) electrons. The summed E-state index contributed by atoms with van der Waals surface area (Å²) in [5.41, 5.74) is 3.03. The summed E-state index contributed by atoms with van der Waals surface area (Å²) in [5.74, 6) is 0.268. The second-order valence-electron chi connectivity index (χ2n) is 6.35. The number of thiocarbonyl (C=S) groups is 1. The zero-order valence-electron chi connectivity index (χ0n) is 15.3. The van der Waals surface area contributed by atoms with Crippen molar-refractivity contribution in [3.05, 3.63) is 68.6 Å². The molecule has 3 rings (SSSR count). The fraction of sp³-hybridized carbons (Fsp3) is 0.143. The molecule has 0 aliphatic heterocycles. The lowest BCUT2D eigenvalue weighted by Crippen LogP contribution is -2.37. The van der Waals surface area contributed by atoms with Gasteiger partial charge in [0.05, 0.1) is 4.47 Å². The fourth-order valence-electron chi connectivity index (χ4n) is 2.68. The molecule has 2 N–H and O–H groups in total. The molecule has 28 heavy (non-hydrogen) atoms. The van der Waals surface area contributed by atoms with Crippen LogP contribution >= 0.6 is 44.1 Å². The number of amides is 1. The Morgan fingerprint density at radius 1 is 1.07 bits per heavy atom. The van der Waals surface area contributed by atoms with E-state index in [9.17, 15) is 4.79 Å². The number of rotatable bonds is 4. The molecule has 144 valence electrons. The summed E-state index contributed by atoms with van der Waals surface area (Å²) in [6, 6.07) is 15.8. The van der Waals surface area contributed by atoms with Gasteiger partial charge in [0.2, 0.25) is 0 Å². The summed E-state index contributed by atoms with van der Waals surface area (Å²) in [6.45, 7) is 3.83. The van der Waals surface area contributed by atoms with Crippen LogP contribution < -0.4 is 15.4 Å². The van der Waals surface area contributed by atoms with E-state index in [0.29, 0.717) is 5.75 Å². The van der Waals surface area contributed by atoms with Crippen LogP contribution in [0, 0.1) is 13.8 Å². The van der Waals surface area contributed by atoms with E-state index >= 15 is 0 Å². The molecule has 0 saturated carbocycles. The molecule has 0 aliphatic carbocycles. The number of fused-ring (bicyclic) bond motifs is 1. The highest BCUT2D eigenvalue weighted by atomic mass is 79.9. The van der Waals surface area contributed by atoms with Crippen LogP contribution in [-0.4, -0.2) is 17.6 Å². The number of benzene rings is 3. The van der Waals surface area contributed by atoms with Crippen molar-refractivity contribution < 1.29 is 9.53 Å². The first-order chi connectivity index (χ1) is 13.3. The lowest BCUT2D eigenvalue weighted by Gasteiger charge is -2.13. The van der Waals surface area contributed by atoms with Crippen molar-refractivity contribution >= 4 is 71.6 Å². The van der Waals surface area contributed by atoms with Crippen molar-refractivity contribution in [3.63, 3.8) is 0 Å². The summed E-state index contributed by atoms with van der Waals surface area (Å²) in [6.07, 6.45) is 0. The summed E-state index contributed by atoms with van der Waals surface area (Å²) >= 11 is 12.3. The van der Waals surface area contributed by atoms with Gasteiger partial charge in [-0.15, -0.1) is 0 Å². The van der Waals surface area contributed by atoms with E-state index in [-0.39, 0.29) is 17.6 Å². The van der Waals surface area contributed by atoms with Gasteiger partial charge in [0.1, 0.15) is 5.75 Å². The molecule has 0 heterocycles. The first kappa shape index (κ1) is 20.8. The minimum absolute atomic E-state index is 0.144. The van der Waals surface area contributed by atoms with Crippen molar-refractivity contribution in [1.82, 2.24) is 5.32 Å². The van der Waals surface area contributed by atoms with Crippen LogP contribution in [-0.2, 0) is 4.79 Å². The number of carbonyl (C=O) groups excluding carboxylic acids is 1. The Morgan fingerprint density at radius 3 is 2.64 bits per heavy atom. The second kappa shape index (κ2) is 9.03. The quantitative estimate of drug-likeness (QED) is 0.421. The summed E-state index contributed by atoms with van der Waals surface area (Å²) in [4.78, 5) is 12.2. The monoisotopic (exact) mass is 520 g/mol. The highest BCUT2D eigenvalue weighted by Crippen LogP contribution is 2.34. The minimum atomic E-state index is -0.328. The van der Waals surface area contributed by atoms with Crippen LogP contribution in [0.2, 0.25) is 0 Å². The zero-order valence-corrected chi connectivity index (χ0v) is 19.3. The predicted octanol–water partition coefficient (Wildman–Crippen LogP) is 5.87. The zero-order chi connectivity index (χ0) is 20.3. The van der Waals surface area contributed by atoms with Gasteiger partial charge in [-0.05, 0) is 88.2 Å². The second-order valence-corrected chi connectivity index (χ2v) is 8.47. The number of halogens is 2. The van der Waals surface area contributed by atoms with Crippen molar-refractivity contribution in [2.75, 3.05) is 11.9 Å². The van der Waals surface area contributed by atoms with E-state index in [1.54, 1.807) is 0 Å². The van der Waals surface area contributed by atoms with Crippen LogP contribution in [0.3, 0.4) is 0 Å². The number of carbonyl (C=O) groups is 1. The van der Waals surface area contributed by atoms with Gasteiger partial charge in [-0.25, -0.2) is 0 Å². The van der Waals surface area contributed by atoms with Gasteiger partial charge in [-0.2, -0.15) is 0 Å². The normalized spacial score (nSPS) is 10.6. The third-order valence-electron chi connectivity index (χ3n) is 4.13. The third-order valence-corrected chi connectivity index (χ3v) is 5.65. The Bertz CT molecular complexity index is 1070. The van der Waals surface area contributed by atoms with Crippen molar-refractivity contribution in [3.8, 4) is 5.75 Å². The number of nitrogens with one attached hydrogen (secondary N) is 2. The van der Waals surface area contributed by atoms with E-state index in [1.165, 1.54) is 0 Å². The van der Waals surface area contributed by atoms with Gasteiger partial charge in [0.25, 0.3) is 5.91 Å². The summed E-state index contributed by atoms with van der Waals surface area (Å²) in [7, 11) is 0. The maximum atomic E-state index is 12.2. The van der Waals surface area contributed by atoms with Gasteiger partial charge < -0.3 is 10.1 Å². The van der Waals surface area contributed by atoms with E-state index in [0.717, 1.165) is 36.5 Å². The summed E-state index contributed by atoms with van der Waals surface area (Å²) in [5, 5.41) is 8.01. The molecule has 0 spiro atoms. The van der Waals surface area contributed by atoms with Crippen LogP contribution in [0.4, 0.5) is 5.69 Å². The van der Waals surface area contributed by atoms with E-state index < -0.39 is 0 Å². The Hall–Kier alpha value is -1.96. The predicted molar refractivity (Wildman–Crippen MR) is 125 cm³/mol. The molecular formula is C21H18Br2N2O2S. The molecule has 3 aromatic rings. The van der Waals surface area contributed by atoms with Gasteiger partial charge >= 0.3 is 0 Å². The number of hydrogen-bond donors (Lipinski definition) is 2. The number of anilines is 1. The molecule has 1 amide bonds. The molecule has 0 aliphatic rings. The highest BCUT2D eigenvalue weighted by molar-refractivity contribution is 9.11. The van der Waals surface area contributed by atoms with Crippen LogP contribution in [0.5, 0.6) is 5.75 Å². The largest absolute Gasteiger partial charge is 0.483 e. The van der Waals surface area contributed by atoms with Crippen LogP contribution in [0.15, 0.2) is 57.5 Å². The summed E-state index contributed by atoms with van der Waals surface area (Å²) < 4.78 is 7.48. The average Bonchev–Trinajstić information content (AvgIpc) is 2.64. The standard InChI is InChI=1S/C21H18Br2N2O2S/c1-12-3-4-13(2)17(9-12)24-21(28)25-19(26)11-27-18-8-5-14-10-15(22)6-7-16(14)20(18)23/h3-10H,11H2,1-2H3,(H2,24,25,26,28). The highest BCUT2D eigenvalue weighted by Gasteiger charge is 2.11. The smallest absolute Gasteiger partial charge is 0.264 e. The lowest BCUT2D eigenvalue weighted by atomic mass is 10.1. The van der Waals surface area contributed by atoms with Gasteiger partial charge in [0, 0.05) is 10.2 Å². The van der Waals surface area contributed by atoms with Crippen LogP contribution in [0.1, 0.15) is 11.1 Å². The fourth-order valence-corrected chi connectivity index (χ4v) is 3.89. The maximum Gasteiger partial charge on any atom is 0.264 e. The number of ether oxygens (including phenoxy) is 1. The Balaban J connectivity index is 1.60. The third kappa shape index (κ3) is 5.10. The molecule has 0 saturated heterocycles. The minimum Gasteiger partial charge on any atom is -0.483 e. The van der Waals surface area contributed by atoms with E-state index in [1.807, 2.05) is 62.4 Å². The van der Waals surface area contributed by atoms with E-state index in [2.05, 4.69) is 42.5 Å². The molecule has 4 nitrogen and oxygen atoms in total. The van der Waals surface area contributed by atoms with Gasteiger partial charge in [-0.3, -0.25) is 10.1 Å². The Morgan fingerprint density at radius 2 is 1.86 bits per heavy atom. The lowest BCUT2D eigenvalue weighted by molar-refractivity contribution is -0.121. The van der Waals surface area contributed by atoms with Crippen molar-refractivity contribution in [2.45, 2.75) is 13.8 Å². The van der Waals surface area contributed by atoms with Crippen LogP contribution in [0.25, 0.3) is 10.8 Å². The number of aryl methyl sites for hydroxylation is 2. The van der Waals surface area contributed by atoms with Gasteiger partial charge in [-0.1, -0.05) is 40.2 Å².